The maximum Gasteiger partial charge on any atom is 0.408 e. The van der Waals surface area contributed by atoms with Crippen molar-refractivity contribution in [2.75, 3.05) is 0 Å². The van der Waals surface area contributed by atoms with E-state index in [9.17, 15) is 9.59 Å². The lowest BCUT2D eigenvalue weighted by Gasteiger charge is -2.22. The van der Waals surface area contributed by atoms with Crippen molar-refractivity contribution >= 4 is 12.1 Å². The Hall–Kier alpha value is -2.11. The minimum atomic E-state index is -1.08. The van der Waals surface area contributed by atoms with E-state index in [0.29, 0.717) is 12.8 Å². The molecule has 1 atom stereocenters. The predicted molar refractivity (Wildman–Crippen MR) is 73.4 cm³/mol. The summed E-state index contributed by atoms with van der Waals surface area (Å²) in [6.45, 7) is 5.16. The summed E-state index contributed by atoms with van der Waals surface area (Å²) in [5, 5.41) is 11.5. The van der Waals surface area contributed by atoms with E-state index in [-0.39, 0.29) is 0 Å². The number of carboxylic acids is 1. The Kier molecular flexibility index (Phi) is 5.49. The smallest absolute Gasteiger partial charge is 0.408 e. The molecule has 0 bridgehead atoms. The maximum absolute atomic E-state index is 11.6. The highest BCUT2D eigenvalue weighted by molar-refractivity contribution is 5.80. The normalized spacial score (nSPS) is 12.6. The van der Waals surface area contributed by atoms with Crippen LogP contribution in [0.4, 0.5) is 4.79 Å². The maximum atomic E-state index is 11.6. The van der Waals surface area contributed by atoms with Crippen molar-refractivity contribution in [3.05, 3.63) is 30.1 Å². The molecule has 110 valence electrons. The number of rotatable bonds is 5. The van der Waals surface area contributed by atoms with Crippen LogP contribution in [0, 0.1) is 0 Å². The van der Waals surface area contributed by atoms with Gasteiger partial charge in [-0.15, -0.1) is 0 Å². The molecular formula is C14H20N2O4. The number of pyridine rings is 1. The number of alkyl carbamates (subject to hydrolysis) is 1. The Morgan fingerprint density at radius 1 is 1.35 bits per heavy atom. The van der Waals surface area contributed by atoms with Crippen LogP contribution in [0.5, 0.6) is 0 Å². The van der Waals surface area contributed by atoms with Crippen molar-refractivity contribution in [1.29, 1.82) is 0 Å². The third-order valence-electron chi connectivity index (χ3n) is 2.46. The first-order valence-corrected chi connectivity index (χ1v) is 6.39. The molecule has 0 unspecified atom stereocenters. The predicted octanol–water partition coefficient (Wildman–Crippen LogP) is 1.99. The number of aromatic nitrogens is 1. The van der Waals surface area contributed by atoms with Gasteiger partial charge in [0.1, 0.15) is 11.6 Å². The van der Waals surface area contributed by atoms with E-state index in [1.807, 2.05) is 12.1 Å². The summed E-state index contributed by atoms with van der Waals surface area (Å²) in [6, 6.07) is 2.65. The molecule has 0 aliphatic rings. The van der Waals surface area contributed by atoms with Gasteiger partial charge in [-0.1, -0.05) is 0 Å². The lowest BCUT2D eigenvalue weighted by molar-refractivity contribution is -0.139. The molecule has 1 heterocycles. The number of aliphatic carboxylic acids is 1. The molecular weight excluding hydrogens is 260 g/mol. The van der Waals surface area contributed by atoms with Crippen molar-refractivity contribution in [3.63, 3.8) is 0 Å². The summed E-state index contributed by atoms with van der Waals surface area (Å²) < 4.78 is 5.05. The van der Waals surface area contributed by atoms with Crippen molar-refractivity contribution in [1.82, 2.24) is 10.3 Å². The molecule has 0 fully saturated rings. The van der Waals surface area contributed by atoms with Crippen molar-refractivity contribution in [3.8, 4) is 0 Å². The summed E-state index contributed by atoms with van der Waals surface area (Å²) in [7, 11) is 0. The standard InChI is InChI=1S/C14H20N2O4/c1-14(2,3)20-13(19)16-11(12(17)18)5-4-10-6-8-15-9-7-10/h6-9,11H,4-5H2,1-3H3,(H,16,19)(H,17,18)/t11-/m0/s1. The molecule has 0 aliphatic heterocycles. The zero-order valence-electron chi connectivity index (χ0n) is 11.9. The van der Waals surface area contributed by atoms with E-state index in [4.69, 9.17) is 9.84 Å². The van der Waals surface area contributed by atoms with Gasteiger partial charge in [-0.2, -0.15) is 0 Å². The van der Waals surface area contributed by atoms with Crippen LogP contribution in [0.15, 0.2) is 24.5 Å². The molecule has 0 saturated carbocycles. The van der Waals surface area contributed by atoms with Crippen LogP contribution >= 0.6 is 0 Å². The molecule has 2 N–H and O–H groups in total. The Bertz CT molecular complexity index is 454. The van der Waals surface area contributed by atoms with Crippen molar-refractivity contribution in [2.24, 2.45) is 0 Å². The van der Waals surface area contributed by atoms with E-state index in [1.54, 1.807) is 33.2 Å². The zero-order chi connectivity index (χ0) is 15.2. The van der Waals surface area contributed by atoms with Crippen LogP contribution in [0.25, 0.3) is 0 Å². The van der Waals surface area contributed by atoms with E-state index < -0.39 is 23.7 Å². The van der Waals surface area contributed by atoms with Gasteiger partial charge < -0.3 is 15.2 Å². The Labute approximate surface area is 118 Å². The Morgan fingerprint density at radius 2 is 1.95 bits per heavy atom. The first-order chi connectivity index (χ1) is 9.28. The number of aryl methyl sites for hydroxylation is 1. The third kappa shape index (κ3) is 6.17. The molecule has 0 saturated heterocycles. The molecule has 0 aromatic carbocycles. The molecule has 1 rings (SSSR count). The highest BCUT2D eigenvalue weighted by atomic mass is 16.6. The van der Waals surface area contributed by atoms with Crippen LogP contribution in [-0.4, -0.2) is 33.8 Å². The van der Waals surface area contributed by atoms with Gasteiger partial charge in [0.2, 0.25) is 0 Å². The molecule has 0 aliphatic carbocycles. The third-order valence-corrected chi connectivity index (χ3v) is 2.46. The van der Waals surface area contributed by atoms with Crippen LogP contribution < -0.4 is 5.32 Å². The zero-order valence-corrected chi connectivity index (χ0v) is 11.9. The van der Waals surface area contributed by atoms with Crippen molar-refractivity contribution in [2.45, 2.75) is 45.3 Å². The van der Waals surface area contributed by atoms with Gasteiger partial charge in [-0.05, 0) is 51.3 Å². The number of carbonyl (C=O) groups excluding carboxylic acids is 1. The number of carboxylic acid groups (broad SMARTS) is 1. The molecule has 6 heteroatoms. The minimum absolute atomic E-state index is 0.290. The molecule has 6 nitrogen and oxygen atoms in total. The fourth-order valence-electron chi connectivity index (χ4n) is 1.57. The summed E-state index contributed by atoms with van der Waals surface area (Å²) in [5.41, 5.74) is 0.315. The van der Waals surface area contributed by atoms with Gasteiger partial charge in [0.05, 0.1) is 0 Å². The van der Waals surface area contributed by atoms with Gasteiger partial charge in [0, 0.05) is 12.4 Å². The average Bonchev–Trinajstić information content (AvgIpc) is 2.33. The first-order valence-electron chi connectivity index (χ1n) is 6.39. The average molecular weight is 280 g/mol. The fourth-order valence-corrected chi connectivity index (χ4v) is 1.57. The number of carbonyl (C=O) groups is 2. The summed E-state index contributed by atoms with van der Waals surface area (Å²) in [4.78, 5) is 26.6. The lowest BCUT2D eigenvalue weighted by atomic mass is 10.1. The quantitative estimate of drug-likeness (QED) is 0.861. The summed E-state index contributed by atoms with van der Waals surface area (Å²) in [6.07, 6.45) is 3.40. The highest BCUT2D eigenvalue weighted by Crippen LogP contribution is 2.08. The van der Waals surface area contributed by atoms with E-state index >= 15 is 0 Å². The van der Waals surface area contributed by atoms with E-state index in [0.717, 1.165) is 5.56 Å². The molecule has 1 aromatic rings. The van der Waals surface area contributed by atoms with Crippen LogP contribution in [-0.2, 0) is 16.0 Å². The summed E-state index contributed by atoms with van der Waals surface area (Å²) in [5.74, 6) is -1.08. The van der Waals surface area contributed by atoms with Gasteiger partial charge in [-0.25, -0.2) is 9.59 Å². The number of nitrogens with one attached hydrogen (secondary N) is 1. The second-order valence-electron chi connectivity index (χ2n) is 5.43. The summed E-state index contributed by atoms with van der Waals surface area (Å²) >= 11 is 0. The van der Waals surface area contributed by atoms with Gasteiger partial charge in [0.15, 0.2) is 0 Å². The topological polar surface area (TPSA) is 88.5 Å². The van der Waals surface area contributed by atoms with E-state index in [1.165, 1.54) is 0 Å². The number of hydrogen-bond acceptors (Lipinski definition) is 4. The second-order valence-corrected chi connectivity index (χ2v) is 5.43. The largest absolute Gasteiger partial charge is 0.480 e. The molecule has 20 heavy (non-hydrogen) atoms. The number of ether oxygens (including phenoxy) is 1. The number of amides is 1. The molecule has 0 radical (unpaired) electrons. The van der Waals surface area contributed by atoms with Crippen LogP contribution in [0.3, 0.4) is 0 Å². The van der Waals surface area contributed by atoms with E-state index in [2.05, 4.69) is 10.3 Å². The first kappa shape index (κ1) is 15.9. The fraction of sp³-hybridized carbons (Fsp3) is 0.500. The Balaban J connectivity index is 2.53. The molecule has 1 amide bonds. The highest BCUT2D eigenvalue weighted by Gasteiger charge is 2.23. The molecule has 0 spiro atoms. The second kappa shape index (κ2) is 6.88. The van der Waals surface area contributed by atoms with Gasteiger partial charge in [0.25, 0.3) is 0 Å². The SMILES string of the molecule is CC(C)(C)OC(=O)N[C@@H](CCc1ccncc1)C(=O)O. The van der Waals surface area contributed by atoms with Gasteiger partial charge >= 0.3 is 12.1 Å². The Morgan fingerprint density at radius 3 is 2.45 bits per heavy atom. The number of nitrogens with zero attached hydrogens (tertiary/aromatic N) is 1. The van der Waals surface area contributed by atoms with Crippen LogP contribution in [0.2, 0.25) is 0 Å². The number of hydrogen-bond donors (Lipinski definition) is 2. The van der Waals surface area contributed by atoms with Crippen molar-refractivity contribution < 1.29 is 19.4 Å². The minimum Gasteiger partial charge on any atom is -0.480 e. The van der Waals surface area contributed by atoms with Gasteiger partial charge in [-0.3, -0.25) is 4.98 Å². The molecule has 1 aromatic heterocycles. The van der Waals surface area contributed by atoms with Crippen LogP contribution in [0.1, 0.15) is 32.8 Å². The monoisotopic (exact) mass is 280 g/mol. The lowest BCUT2D eigenvalue weighted by Crippen LogP contribution is -2.43.